The van der Waals surface area contributed by atoms with Crippen molar-refractivity contribution >= 4 is 0 Å². The van der Waals surface area contributed by atoms with E-state index in [1.807, 2.05) is 12.1 Å². The number of ether oxygens (including phenoxy) is 1. The van der Waals surface area contributed by atoms with Gasteiger partial charge in [-0.2, -0.15) is 0 Å². The lowest BCUT2D eigenvalue weighted by Gasteiger charge is -2.17. The van der Waals surface area contributed by atoms with Crippen molar-refractivity contribution in [2.75, 3.05) is 20.7 Å². The van der Waals surface area contributed by atoms with Crippen LogP contribution in [-0.4, -0.2) is 25.6 Å². The number of nitrogens with two attached hydrogens (primary N) is 1. The Morgan fingerprint density at radius 2 is 1.48 bits per heavy atom. The molecule has 3 nitrogen and oxygen atoms in total. The van der Waals surface area contributed by atoms with Gasteiger partial charge in [-0.25, -0.2) is 0 Å². The second kappa shape index (κ2) is 7.81. The molecule has 2 aromatic carbocycles. The Balaban J connectivity index is 1.81. The summed E-state index contributed by atoms with van der Waals surface area (Å²) in [6, 6.07) is 16.8. The van der Waals surface area contributed by atoms with Crippen molar-refractivity contribution in [3.63, 3.8) is 0 Å². The molecule has 0 saturated carbocycles. The van der Waals surface area contributed by atoms with Crippen molar-refractivity contribution in [3.05, 3.63) is 65.2 Å². The van der Waals surface area contributed by atoms with Crippen LogP contribution in [0.5, 0.6) is 5.75 Å². The highest BCUT2D eigenvalue weighted by atomic mass is 16.5. The molecule has 0 saturated heterocycles. The summed E-state index contributed by atoms with van der Waals surface area (Å²) >= 11 is 0. The summed E-state index contributed by atoms with van der Waals surface area (Å²) in [5.74, 6) is 0.909. The molecule has 0 spiro atoms. The molecule has 0 unspecified atom stereocenters. The fourth-order valence-corrected chi connectivity index (χ4v) is 2.28. The second-order valence-corrected chi connectivity index (χ2v) is 5.36. The molecule has 0 atom stereocenters. The first-order valence-corrected chi connectivity index (χ1v) is 7.30. The van der Waals surface area contributed by atoms with E-state index >= 15 is 0 Å². The molecule has 0 aliphatic heterocycles. The Labute approximate surface area is 127 Å². The molecule has 0 heterocycles. The highest BCUT2D eigenvalue weighted by Crippen LogP contribution is 2.12. The van der Waals surface area contributed by atoms with Crippen LogP contribution in [0.2, 0.25) is 0 Å². The molecule has 0 amide bonds. The smallest absolute Gasteiger partial charge is 0.118 e. The van der Waals surface area contributed by atoms with Crippen LogP contribution in [0.3, 0.4) is 0 Å². The first-order chi connectivity index (χ1) is 10.2. The Bertz CT molecular complexity index is 534. The van der Waals surface area contributed by atoms with Crippen LogP contribution < -0.4 is 10.5 Å². The van der Waals surface area contributed by atoms with Gasteiger partial charge in [0.05, 0.1) is 7.11 Å². The van der Waals surface area contributed by atoms with Crippen molar-refractivity contribution in [1.82, 2.24) is 4.90 Å². The average molecular weight is 284 g/mol. The topological polar surface area (TPSA) is 38.5 Å². The molecule has 0 aliphatic carbocycles. The number of rotatable bonds is 7. The number of hydrogen-bond acceptors (Lipinski definition) is 3. The summed E-state index contributed by atoms with van der Waals surface area (Å²) in [5.41, 5.74) is 9.45. The molecule has 3 heteroatoms. The standard InChI is InChI=1S/C18H24N2O/c1-20(14-17-5-3-16(13-19)4-6-17)12-11-15-7-9-18(21-2)10-8-15/h3-10H,11-14,19H2,1-2H3. The van der Waals surface area contributed by atoms with Gasteiger partial charge >= 0.3 is 0 Å². The third kappa shape index (κ3) is 4.88. The molecule has 112 valence electrons. The molecule has 2 N–H and O–H groups in total. The van der Waals surface area contributed by atoms with Crippen molar-refractivity contribution in [1.29, 1.82) is 0 Å². The summed E-state index contributed by atoms with van der Waals surface area (Å²) < 4.78 is 5.17. The molecule has 2 rings (SSSR count). The summed E-state index contributed by atoms with van der Waals surface area (Å²) in [5, 5.41) is 0. The van der Waals surface area contributed by atoms with E-state index in [0.717, 1.165) is 25.3 Å². The molecule has 21 heavy (non-hydrogen) atoms. The van der Waals surface area contributed by atoms with Gasteiger partial charge in [-0.1, -0.05) is 36.4 Å². The van der Waals surface area contributed by atoms with Crippen molar-refractivity contribution in [2.45, 2.75) is 19.5 Å². The maximum atomic E-state index is 5.61. The Hall–Kier alpha value is -1.84. The van der Waals surface area contributed by atoms with Gasteiger partial charge in [0.25, 0.3) is 0 Å². The zero-order valence-corrected chi connectivity index (χ0v) is 12.9. The number of benzene rings is 2. The Kier molecular flexibility index (Phi) is 5.78. The normalized spacial score (nSPS) is 10.9. The van der Waals surface area contributed by atoms with E-state index in [1.54, 1.807) is 7.11 Å². The van der Waals surface area contributed by atoms with Gasteiger partial charge in [-0.3, -0.25) is 0 Å². The van der Waals surface area contributed by atoms with Gasteiger partial charge in [0.15, 0.2) is 0 Å². The van der Waals surface area contributed by atoms with Crippen LogP contribution in [0.4, 0.5) is 0 Å². The van der Waals surface area contributed by atoms with Gasteiger partial charge in [0.2, 0.25) is 0 Å². The molecule has 0 aromatic heterocycles. The maximum Gasteiger partial charge on any atom is 0.118 e. The predicted molar refractivity (Wildman–Crippen MR) is 87.4 cm³/mol. The summed E-state index contributed by atoms with van der Waals surface area (Å²) in [6.45, 7) is 2.60. The van der Waals surface area contributed by atoms with Gasteiger partial charge in [-0.15, -0.1) is 0 Å². The Morgan fingerprint density at radius 3 is 2.05 bits per heavy atom. The zero-order valence-electron chi connectivity index (χ0n) is 12.9. The monoisotopic (exact) mass is 284 g/mol. The maximum absolute atomic E-state index is 5.61. The lowest BCUT2D eigenvalue weighted by molar-refractivity contribution is 0.331. The zero-order chi connectivity index (χ0) is 15.1. The summed E-state index contributed by atoms with van der Waals surface area (Å²) in [4.78, 5) is 2.34. The summed E-state index contributed by atoms with van der Waals surface area (Å²) in [6.07, 6.45) is 1.04. The fraction of sp³-hybridized carbons (Fsp3) is 0.333. The quantitative estimate of drug-likeness (QED) is 0.849. The first kappa shape index (κ1) is 15.5. The number of hydrogen-bond donors (Lipinski definition) is 1. The van der Waals surface area contributed by atoms with E-state index in [0.29, 0.717) is 6.54 Å². The van der Waals surface area contributed by atoms with Crippen LogP contribution in [0.15, 0.2) is 48.5 Å². The summed E-state index contributed by atoms with van der Waals surface area (Å²) in [7, 11) is 3.85. The SMILES string of the molecule is COc1ccc(CCN(C)Cc2ccc(CN)cc2)cc1. The highest BCUT2D eigenvalue weighted by molar-refractivity contribution is 5.27. The van der Waals surface area contributed by atoms with Crippen LogP contribution in [0, 0.1) is 0 Å². The fourth-order valence-electron chi connectivity index (χ4n) is 2.28. The van der Waals surface area contributed by atoms with E-state index in [9.17, 15) is 0 Å². The minimum Gasteiger partial charge on any atom is -0.497 e. The van der Waals surface area contributed by atoms with E-state index < -0.39 is 0 Å². The van der Waals surface area contributed by atoms with E-state index in [1.165, 1.54) is 16.7 Å². The van der Waals surface area contributed by atoms with Crippen molar-refractivity contribution in [3.8, 4) is 5.75 Å². The lowest BCUT2D eigenvalue weighted by atomic mass is 10.1. The van der Waals surface area contributed by atoms with Crippen LogP contribution in [-0.2, 0) is 19.5 Å². The molecule has 0 aliphatic rings. The number of nitrogens with zero attached hydrogens (tertiary/aromatic N) is 1. The second-order valence-electron chi connectivity index (χ2n) is 5.36. The van der Waals surface area contributed by atoms with Crippen molar-refractivity contribution in [2.24, 2.45) is 5.73 Å². The minimum absolute atomic E-state index is 0.605. The van der Waals surface area contributed by atoms with E-state index in [2.05, 4.69) is 48.3 Å². The number of likely N-dealkylation sites (N-methyl/N-ethyl adjacent to an activating group) is 1. The van der Waals surface area contributed by atoms with Gasteiger partial charge < -0.3 is 15.4 Å². The number of methoxy groups -OCH3 is 1. The van der Waals surface area contributed by atoms with Gasteiger partial charge in [-0.05, 0) is 42.3 Å². The van der Waals surface area contributed by atoms with Crippen molar-refractivity contribution < 1.29 is 4.74 Å². The average Bonchev–Trinajstić information content (AvgIpc) is 2.54. The molecule has 0 bridgehead atoms. The predicted octanol–water partition coefficient (Wildman–Crippen LogP) is 2.83. The van der Waals surface area contributed by atoms with Crippen LogP contribution in [0.1, 0.15) is 16.7 Å². The lowest BCUT2D eigenvalue weighted by Crippen LogP contribution is -2.20. The third-order valence-electron chi connectivity index (χ3n) is 3.65. The Morgan fingerprint density at radius 1 is 0.905 bits per heavy atom. The van der Waals surface area contributed by atoms with Gasteiger partial charge in [0, 0.05) is 19.6 Å². The van der Waals surface area contributed by atoms with Gasteiger partial charge in [0.1, 0.15) is 5.75 Å². The van der Waals surface area contributed by atoms with Crippen LogP contribution in [0.25, 0.3) is 0 Å². The molecular formula is C18H24N2O. The van der Waals surface area contributed by atoms with Crippen LogP contribution >= 0.6 is 0 Å². The highest BCUT2D eigenvalue weighted by Gasteiger charge is 2.02. The molecule has 2 aromatic rings. The molecule has 0 radical (unpaired) electrons. The third-order valence-corrected chi connectivity index (χ3v) is 3.65. The first-order valence-electron chi connectivity index (χ1n) is 7.30. The molecule has 0 fully saturated rings. The van der Waals surface area contributed by atoms with E-state index in [-0.39, 0.29) is 0 Å². The largest absolute Gasteiger partial charge is 0.497 e. The minimum atomic E-state index is 0.605. The van der Waals surface area contributed by atoms with E-state index in [4.69, 9.17) is 10.5 Å². The molecular weight excluding hydrogens is 260 g/mol.